The number of aromatic nitrogens is 1. The molecule has 1 amide bonds. The normalized spacial score (nSPS) is 25.5. The van der Waals surface area contributed by atoms with E-state index in [0.29, 0.717) is 5.56 Å². The van der Waals surface area contributed by atoms with Gasteiger partial charge in [-0.15, -0.1) is 0 Å². The summed E-state index contributed by atoms with van der Waals surface area (Å²) in [6, 6.07) is 1.82. The van der Waals surface area contributed by atoms with Crippen LogP contribution in [0.25, 0.3) is 0 Å². The van der Waals surface area contributed by atoms with Crippen molar-refractivity contribution in [1.29, 1.82) is 0 Å². The first kappa shape index (κ1) is 15.4. The zero-order chi connectivity index (χ0) is 15.6. The predicted molar refractivity (Wildman–Crippen MR) is 80.7 cm³/mol. The number of hydrogen-bond donors (Lipinski definition) is 2. The fourth-order valence-corrected chi connectivity index (χ4v) is 3.40. The van der Waals surface area contributed by atoms with E-state index in [0.717, 1.165) is 56.8 Å². The number of carbonyl (C=O) groups excluding carboxylic acids is 1. The summed E-state index contributed by atoms with van der Waals surface area (Å²) in [5.74, 6) is -0.519. The first-order valence-corrected chi connectivity index (χ1v) is 7.88. The number of rotatable bonds is 3. The zero-order valence-electron chi connectivity index (χ0n) is 13.0. The van der Waals surface area contributed by atoms with E-state index in [1.54, 1.807) is 5.48 Å². The van der Waals surface area contributed by atoms with Crippen LogP contribution in [0, 0.1) is 0 Å². The van der Waals surface area contributed by atoms with Gasteiger partial charge in [-0.1, -0.05) is 0 Å². The van der Waals surface area contributed by atoms with Crippen LogP contribution in [0.15, 0.2) is 12.3 Å². The van der Waals surface area contributed by atoms with Gasteiger partial charge in [0.25, 0.3) is 5.91 Å². The number of nitrogens with one attached hydrogen (secondary N) is 1. The summed E-state index contributed by atoms with van der Waals surface area (Å²) in [5.41, 5.74) is 4.09. The fourth-order valence-electron chi connectivity index (χ4n) is 3.40. The van der Waals surface area contributed by atoms with Crippen LogP contribution in [0.4, 0.5) is 0 Å². The Balaban J connectivity index is 1.71. The predicted octanol–water partition coefficient (Wildman–Crippen LogP) is 1.52. The topological polar surface area (TPSA) is 74.7 Å². The molecule has 3 heterocycles. The Morgan fingerprint density at radius 2 is 2.41 bits per heavy atom. The molecule has 0 aliphatic carbocycles. The first-order chi connectivity index (χ1) is 10.6. The molecule has 2 N–H and O–H groups in total. The molecule has 120 valence electrons. The molecule has 2 aliphatic heterocycles. The first-order valence-electron chi connectivity index (χ1n) is 7.88. The van der Waals surface area contributed by atoms with Crippen LogP contribution in [0.3, 0.4) is 0 Å². The lowest BCUT2D eigenvalue weighted by Gasteiger charge is -2.39. The van der Waals surface area contributed by atoms with Gasteiger partial charge in [-0.05, 0) is 37.8 Å². The Kier molecular flexibility index (Phi) is 4.42. The average molecular weight is 305 g/mol. The van der Waals surface area contributed by atoms with Crippen LogP contribution in [-0.2, 0) is 17.7 Å². The van der Waals surface area contributed by atoms with Crippen LogP contribution >= 0.6 is 0 Å². The summed E-state index contributed by atoms with van der Waals surface area (Å²) in [5, 5.41) is 8.74. The third-order valence-corrected chi connectivity index (χ3v) is 4.59. The Morgan fingerprint density at radius 3 is 3.14 bits per heavy atom. The van der Waals surface area contributed by atoms with Gasteiger partial charge in [-0.3, -0.25) is 19.9 Å². The van der Waals surface area contributed by atoms with Crippen molar-refractivity contribution in [1.82, 2.24) is 15.4 Å². The number of fused-ring (bicyclic) bond motifs is 1. The Hall–Kier alpha value is -1.50. The Bertz CT molecular complexity index is 556. The van der Waals surface area contributed by atoms with Gasteiger partial charge in [0.1, 0.15) is 0 Å². The molecule has 1 saturated heterocycles. The number of ether oxygens (including phenoxy) is 1. The van der Waals surface area contributed by atoms with E-state index >= 15 is 0 Å². The van der Waals surface area contributed by atoms with Crippen molar-refractivity contribution >= 4 is 5.91 Å². The van der Waals surface area contributed by atoms with Crippen LogP contribution in [0.1, 0.15) is 47.8 Å². The summed E-state index contributed by atoms with van der Waals surface area (Å²) in [6.45, 7) is 5.68. The molecular formula is C16H23N3O3. The molecule has 2 aliphatic rings. The maximum Gasteiger partial charge on any atom is 0.276 e. The summed E-state index contributed by atoms with van der Waals surface area (Å²) in [4.78, 5) is 18.2. The molecule has 1 atom stereocenters. The van der Waals surface area contributed by atoms with E-state index in [4.69, 9.17) is 9.94 Å². The standard InChI is InChI=1S/C16H23N3O3/c1-16(5-2-3-7-22-16)11-19-6-4-14-13(10-19)8-12(9-17-14)15(20)18-21/h8-9,21H,2-7,10-11H2,1H3,(H,18,20)/t16-/m0/s1. The smallest absolute Gasteiger partial charge is 0.276 e. The number of amides is 1. The van der Waals surface area contributed by atoms with Crippen LogP contribution in [-0.4, -0.2) is 46.3 Å². The van der Waals surface area contributed by atoms with E-state index < -0.39 is 5.91 Å². The molecule has 1 aromatic heterocycles. The molecule has 1 aromatic rings. The molecular weight excluding hydrogens is 282 g/mol. The molecule has 1 fully saturated rings. The van der Waals surface area contributed by atoms with E-state index in [-0.39, 0.29) is 5.60 Å². The summed E-state index contributed by atoms with van der Waals surface area (Å²) >= 11 is 0. The third kappa shape index (κ3) is 3.29. The second-order valence-corrected chi connectivity index (χ2v) is 6.49. The largest absolute Gasteiger partial charge is 0.374 e. The van der Waals surface area contributed by atoms with E-state index in [2.05, 4.69) is 16.8 Å². The van der Waals surface area contributed by atoms with Gasteiger partial charge in [-0.25, -0.2) is 5.48 Å². The molecule has 0 radical (unpaired) electrons. The second kappa shape index (κ2) is 6.32. The molecule has 0 saturated carbocycles. The van der Waals surface area contributed by atoms with Crippen molar-refractivity contribution < 1.29 is 14.7 Å². The Morgan fingerprint density at radius 1 is 1.55 bits per heavy atom. The number of hydroxylamine groups is 1. The van der Waals surface area contributed by atoms with Gasteiger partial charge in [0.2, 0.25) is 0 Å². The molecule has 0 spiro atoms. The number of pyridine rings is 1. The van der Waals surface area contributed by atoms with Gasteiger partial charge in [0.15, 0.2) is 0 Å². The molecule has 0 bridgehead atoms. The third-order valence-electron chi connectivity index (χ3n) is 4.59. The van der Waals surface area contributed by atoms with E-state index in [1.807, 2.05) is 6.07 Å². The summed E-state index contributed by atoms with van der Waals surface area (Å²) in [7, 11) is 0. The monoisotopic (exact) mass is 305 g/mol. The highest BCUT2D eigenvalue weighted by molar-refractivity contribution is 5.93. The summed E-state index contributed by atoms with van der Waals surface area (Å²) in [6.07, 6.45) is 5.88. The maximum absolute atomic E-state index is 11.5. The fraction of sp³-hybridized carbons (Fsp3) is 0.625. The lowest BCUT2D eigenvalue weighted by molar-refractivity contribution is -0.0845. The van der Waals surface area contributed by atoms with Crippen molar-refractivity contribution in [3.05, 3.63) is 29.1 Å². The molecule has 0 unspecified atom stereocenters. The van der Waals surface area contributed by atoms with Gasteiger partial charge >= 0.3 is 0 Å². The minimum atomic E-state index is -0.519. The Labute approximate surface area is 130 Å². The number of carbonyl (C=O) groups is 1. The molecule has 22 heavy (non-hydrogen) atoms. The minimum absolute atomic E-state index is 0.0662. The average Bonchev–Trinajstić information content (AvgIpc) is 2.53. The van der Waals surface area contributed by atoms with Crippen LogP contribution in [0.2, 0.25) is 0 Å². The lowest BCUT2D eigenvalue weighted by Crippen LogP contribution is -2.46. The highest BCUT2D eigenvalue weighted by Gasteiger charge is 2.31. The molecule has 0 aromatic carbocycles. The molecule has 6 heteroatoms. The van der Waals surface area contributed by atoms with E-state index in [9.17, 15) is 4.79 Å². The van der Waals surface area contributed by atoms with Crippen molar-refractivity contribution in [3.63, 3.8) is 0 Å². The van der Waals surface area contributed by atoms with E-state index in [1.165, 1.54) is 12.6 Å². The van der Waals surface area contributed by atoms with Crippen molar-refractivity contribution in [2.75, 3.05) is 19.7 Å². The second-order valence-electron chi connectivity index (χ2n) is 6.49. The summed E-state index contributed by atoms with van der Waals surface area (Å²) < 4.78 is 5.98. The van der Waals surface area contributed by atoms with Gasteiger partial charge in [0.05, 0.1) is 11.2 Å². The highest BCUT2D eigenvalue weighted by atomic mass is 16.5. The van der Waals surface area contributed by atoms with Crippen molar-refractivity contribution in [3.8, 4) is 0 Å². The molecule has 6 nitrogen and oxygen atoms in total. The highest BCUT2D eigenvalue weighted by Crippen LogP contribution is 2.27. The zero-order valence-corrected chi connectivity index (χ0v) is 13.0. The minimum Gasteiger partial charge on any atom is -0.374 e. The van der Waals surface area contributed by atoms with Crippen LogP contribution < -0.4 is 5.48 Å². The van der Waals surface area contributed by atoms with Gasteiger partial charge in [-0.2, -0.15) is 0 Å². The number of hydrogen-bond acceptors (Lipinski definition) is 5. The van der Waals surface area contributed by atoms with Gasteiger partial charge in [0, 0.05) is 44.6 Å². The van der Waals surface area contributed by atoms with Crippen molar-refractivity contribution in [2.45, 2.75) is 44.8 Å². The molecule has 3 rings (SSSR count). The lowest BCUT2D eigenvalue weighted by atomic mass is 9.94. The van der Waals surface area contributed by atoms with Crippen LogP contribution in [0.5, 0.6) is 0 Å². The van der Waals surface area contributed by atoms with Crippen molar-refractivity contribution in [2.24, 2.45) is 0 Å². The maximum atomic E-state index is 11.5. The SMILES string of the molecule is C[C@@]1(CN2CCc3ncc(C(=O)NO)cc3C2)CCCCO1. The number of nitrogens with zero attached hydrogens (tertiary/aromatic N) is 2. The van der Waals surface area contributed by atoms with Gasteiger partial charge < -0.3 is 4.74 Å². The quantitative estimate of drug-likeness (QED) is 0.654.